The van der Waals surface area contributed by atoms with E-state index >= 15 is 0 Å². The second-order valence-corrected chi connectivity index (χ2v) is 4.86. The molecule has 2 nitrogen and oxygen atoms in total. The first kappa shape index (κ1) is 14.6. The number of aryl methyl sites for hydroxylation is 1. The van der Waals surface area contributed by atoms with Crippen LogP contribution in [0.2, 0.25) is 0 Å². The maximum absolute atomic E-state index is 13.1. The van der Waals surface area contributed by atoms with Crippen LogP contribution in [-0.4, -0.2) is 18.8 Å². The molecule has 0 amide bonds. The zero-order valence-corrected chi connectivity index (χ0v) is 11.3. The van der Waals surface area contributed by atoms with Gasteiger partial charge < -0.3 is 4.74 Å². The molecule has 0 fully saturated rings. The second kappa shape index (κ2) is 4.96. The first-order valence-corrected chi connectivity index (χ1v) is 6.33. The number of rotatable bonds is 4. The Morgan fingerprint density at radius 1 is 1.25 bits per heavy atom. The van der Waals surface area contributed by atoms with Crippen molar-refractivity contribution >= 4 is 5.97 Å². The largest absolute Gasteiger partial charge is 0.465 e. The normalized spacial score (nSPS) is 21.4. The number of hydrogen-bond acceptors (Lipinski definition) is 2. The third-order valence-electron chi connectivity index (χ3n) is 3.37. The molecule has 1 unspecified atom stereocenters. The van der Waals surface area contributed by atoms with Crippen LogP contribution in [-0.2, 0) is 16.0 Å². The van der Waals surface area contributed by atoms with Crippen molar-refractivity contribution in [1.82, 2.24) is 0 Å². The minimum Gasteiger partial charge on any atom is -0.465 e. The van der Waals surface area contributed by atoms with Gasteiger partial charge in [0.05, 0.1) is 6.61 Å². The van der Waals surface area contributed by atoms with Crippen LogP contribution < -0.4 is 0 Å². The van der Waals surface area contributed by atoms with Gasteiger partial charge in [-0.2, -0.15) is 13.2 Å². The maximum atomic E-state index is 13.1. The van der Waals surface area contributed by atoms with Gasteiger partial charge in [0, 0.05) is 0 Å². The first-order chi connectivity index (χ1) is 9.31. The Morgan fingerprint density at radius 3 is 2.35 bits per heavy atom. The molecule has 0 heterocycles. The molecule has 0 radical (unpaired) electrons. The summed E-state index contributed by atoms with van der Waals surface area (Å²) in [5.74, 6) is -1.23. The zero-order valence-electron chi connectivity index (χ0n) is 11.3. The van der Waals surface area contributed by atoms with E-state index < -0.39 is 17.6 Å². The lowest BCUT2D eigenvalue weighted by molar-refractivity contribution is -0.201. The Kier molecular flexibility index (Phi) is 3.63. The lowest BCUT2D eigenvalue weighted by Crippen LogP contribution is -2.37. The van der Waals surface area contributed by atoms with Gasteiger partial charge in [0.2, 0.25) is 5.41 Å². The Balaban J connectivity index is 2.16. The summed E-state index contributed by atoms with van der Waals surface area (Å²) in [6.45, 7) is 3.32. The van der Waals surface area contributed by atoms with Crippen molar-refractivity contribution in [1.29, 1.82) is 0 Å². The lowest BCUT2D eigenvalue weighted by Gasteiger charge is -2.20. The van der Waals surface area contributed by atoms with Gasteiger partial charge in [-0.15, -0.1) is 0 Å². The summed E-state index contributed by atoms with van der Waals surface area (Å²) in [6.07, 6.45) is -3.57. The molecular formula is C15H15F3O2. The molecule has 0 aromatic heterocycles. The summed E-state index contributed by atoms with van der Waals surface area (Å²) in [7, 11) is 0. The molecule has 0 saturated carbocycles. The van der Waals surface area contributed by atoms with Gasteiger partial charge in [0.25, 0.3) is 0 Å². The third kappa shape index (κ3) is 2.44. The smallest absolute Gasteiger partial charge is 0.412 e. The van der Waals surface area contributed by atoms with Gasteiger partial charge >= 0.3 is 12.1 Å². The van der Waals surface area contributed by atoms with Crippen molar-refractivity contribution < 1.29 is 22.7 Å². The molecule has 1 atom stereocenters. The van der Waals surface area contributed by atoms with Gasteiger partial charge in [-0.05, 0) is 31.4 Å². The molecule has 108 valence electrons. The van der Waals surface area contributed by atoms with E-state index in [9.17, 15) is 18.0 Å². The molecule has 1 aromatic carbocycles. The highest BCUT2D eigenvalue weighted by molar-refractivity contribution is 5.90. The van der Waals surface area contributed by atoms with Crippen LogP contribution in [0.1, 0.15) is 18.1 Å². The Morgan fingerprint density at radius 2 is 1.85 bits per heavy atom. The molecule has 1 aliphatic carbocycles. The van der Waals surface area contributed by atoms with Crippen LogP contribution >= 0.6 is 0 Å². The molecule has 0 spiro atoms. The van der Waals surface area contributed by atoms with Crippen LogP contribution in [0.4, 0.5) is 13.2 Å². The molecule has 0 aliphatic heterocycles. The number of carbonyl (C=O) groups is 1. The number of esters is 1. The van der Waals surface area contributed by atoms with E-state index in [-0.39, 0.29) is 18.6 Å². The van der Waals surface area contributed by atoms with Crippen molar-refractivity contribution in [3.05, 3.63) is 47.0 Å². The van der Waals surface area contributed by atoms with E-state index in [1.54, 1.807) is 12.1 Å². The fourth-order valence-electron chi connectivity index (χ4n) is 2.16. The van der Waals surface area contributed by atoms with Crippen LogP contribution in [0.25, 0.3) is 0 Å². The predicted octanol–water partition coefficient (Wildman–Crippen LogP) is 3.59. The monoisotopic (exact) mass is 284 g/mol. The highest BCUT2D eigenvalue weighted by Crippen LogP contribution is 2.57. The minimum atomic E-state index is -4.64. The molecular weight excluding hydrogens is 269 g/mol. The number of ether oxygens (including phenoxy) is 1. The Hall–Kier alpha value is -1.78. The standard InChI is InChI=1S/C15H15F3O2/c1-3-20-13(19)14(15(16,17)18)9-12(14)8-11-6-4-10(2)5-7-11/h4-7,9H,3,8H2,1-2H3. The van der Waals surface area contributed by atoms with Gasteiger partial charge in [-0.25, -0.2) is 0 Å². The molecule has 2 rings (SSSR count). The van der Waals surface area contributed by atoms with Gasteiger partial charge in [0.15, 0.2) is 0 Å². The van der Waals surface area contributed by atoms with Crippen LogP contribution in [0.15, 0.2) is 35.9 Å². The van der Waals surface area contributed by atoms with E-state index in [4.69, 9.17) is 0 Å². The predicted molar refractivity (Wildman–Crippen MR) is 68.1 cm³/mol. The molecule has 1 aromatic rings. The molecule has 20 heavy (non-hydrogen) atoms. The van der Waals surface area contributed by atoms with Crippen molar-refractivity contribution in [2.24, 2.45) is 5.41 Å². The van der Waals surface area contributed by atoms with Crippen molar-refractivity contribution in [2.45, 2.75) is 26.4 Å². The van der Waals surface area contributed by atoms with E-state index in [0.29, 0.717) is 0 Å². The summed E-state index contributed by atoms with van der Waals surface area (Å²) in [6, 6.07) is 7.19. The molecule has 1 aliphatic rings. The van der Waals surface area contributed by atoms with Gasteiger partial charge in [-0.1, -0.05) is 35.9 Å². The number of benzene rings is 1. The van der Waals surface area contributed by atoms with E-state index in [0.717, 1.165) is 17.2 Å². The van der Waals surface area contributed by atoms with Gasteiger partial charge in [0.1, 0.15) is 0 Å². The van der Waals surface area contributed by atoms with Gasteiger partial charge in [-0.3, -0.25) is 4.79 Å². The lowest BCUT2D eigenvalue weighted by atomic mass is 9.95. The maximum Gasteiger partial charge on any atom is 0.412 e. The summed E-state index contributed by atoms with van der Waals surface area (Å²) < 4.78 is 44.0. The average Bonchev–Trinajstić information content (AvgIpc) is 3.08. The topological polar surface area (TPSA) is 26.3 Å². The summed E-state index contributed by atoms with van der Waals surface area (Å²) in [5, 5.41) is 0. The molecule has 0 bridgehead atoms. The molecule has 0 saturated heterocycles. The van der Waals surface area contributed by atoms with E-state index in [1.807, 2.05) is 19.1 Å². The highest BCUT2D eigenvalue weighted by Gasteiger charge is 2.69. The number of hydrogen-bond donors (Lipinski definition) is 0. The van der Waals surface area contributed by atoms with Crippen LogP contribution in [0.5, 0.6) is 0 Å². The Labute approximate surface area is 115 Å². The SMILES string of the molecule is CCOC(=O)C1(C(F)(F)F)C=C1Cc1ccc(C)cc1. The van der Waals surface area contributed by atoms with E-state index in [2.05, 4.69) is 4.74 Å². The van der Waals surface area contributed by atoms with E-state index in [1.165, 1.54) is 6.92 Å². The fourth-order valence-corrected chi connectivity index (χ4v) is 2.16. The van der Waals surface area contributed by atoms with Crippen LogP contribution in [0.3, 0.4) is 0 Å². The van der Waals surface area contributed by atoms with Crippen LogP contribution in [0, 0.1) is 12.3 Å². The summed E-state index contributed by atoms with van der Waals surface area (Å²) in [5.41, 5.74) is -0.663. The average molecular weight is 284 g/mol. The second-order valence-electron chi connectivity index (χ2n) is 4.86. The highest BCUT2D eigenvalue weighted by atomic mass is 19.4. The number of halogens is 3. The number of carbonyl (C=O) groups excluding carboxylic acids is 1. The Bertz CT molecular complexity index is 543. The quantitative estimate of drug-likeness (QED) is 0.624. The fraction of sp³-hybridized carbons (Fsp3) is 0.400. The van der Waals surface area contributed by atoms with Crippen molar-refractivity contribution in [3.63, 3.8) is 0 Å². The first-order valence-electron chi connectivity index (χ1n) is 6.33. The summed E-state index contributed by atoms with van der Waals surface area (Å²) in [4.78, 5) is 11.6. The molecule has 5 heteroatoms. The number of alkyl halides is 3. The third-order valence-corrected chi connectivity index (χ3v) is 3.37. The zero-order chi connectivity index (χ0) is 15.0. The minimum absolute atomic E-state index is 0.0623. The molecule has 0 N–H and O–H groups in total. The van der Waals surface area contributed by atoms with Crippen molar-refractivity contribution in [2.75, 3.05) is 6.61 Å². The summed E-state index contributed by atoms with van der Waals surface area (Å²) >= 11 is 0. The van der Waals surface area contributed by atoms with Crippen molar-refractivity contribution in [3.8, 4) is 0 Å².